The summed E-state index contributed by atoms with van der Waals surface area (Å²) in [5.74, 6) is 5.29. The molecule has 0 N–H and O–H groups in total. The van der Waals surface area contributed by atoms with Crippen molar-refractivity contribution in [2.24, 2.45) is 41.4 Å². The molecule has 0 aromatic carbocycles. The number of ether oxygens (including phenoxy) is 1. The van der Waals surface area contributed by atoms with Crippen LogP contribution in [0.2, 0.25) is 0 Å². The molecule has 150 valence electrons. The smallest absolute Gasteiger partial charge is 0.304 e. The van der Waals surface area contributed by atoms with Gasteiger partial charge in [0.1, 0.15) is 12.4 Å². The van der Waals surface area contributed by atoms with Crippen molar-refractivity contribution in [3.05, 3.63) is 12.3 Å². The van der Waals surface area contributed by atoms with Gasteiger partial charge in [0.25, 0.3) is 0 Å². The molecule has 0 amide bonds. The van der Waals surface area contributed by atoms with Crippen LogP contribution in [0.3, 0.4) is 0 Å². The zero-order valence-electron chi connectivity index (χ0n) is 16.9. The molecule has 0 aliphatic heterocycles. The molecule has 2 unspecified atom stereocenters. The van der Waals surface area contributed by atoms with Crippen molar-refractivity contribution in [2.45, 2.75) is 91.1 Å². The van der Waals surface area contributed by atoms with Gasteiger partial charge < -0.3 is 4.74 Å². The third-order valence-corrected chi connectivity index (χ3v) is 8.00. The maximum absolute atomic E-state index is 12.4. The predicted octanol–water partition coefficient (Wildman–Crippen LogP) is 7.42. The van der Waals surface area contributed by atoms with Crippen LogP contribution in [0.25, 0.3) is 0 Å². The Morgan fingerprint density at radius 3 is 1.58 bits per heavy atom. The number of halogens is 2. The van der Waals surface area contributed by atoms with Crippen molar-refractivity contribution in [2.75, 3.05) is 0 Å². The lowest BCUT2D eigenvalue weighted by Crippen LogP contribution is -2.39. The number of hydrogen-bond donors (Lipinski definition) is 0. The Morgan fingerprint density at radius 1 is 0.692 bits per heavy atom. The van der Waals surface area contributed by atoms with Gasteiger partial charge in [-0.2, -0.15) is 8.78 Å². The standard InChI is InChI=1S/C23H38F2O/c1-15-4-6-18(7-5-15)19-8-10-20(11-9-19)21-12-16(2)23(17(3)13-21)26-14-22(24)25/h14-21,23H,4-13H2,1-3H3. The van der Waals surface area contributed by atoms with E-state index in [-0.39, 0.29) is 6.10 Å². The maximum Gasteiger partial charge on any atom is 0.304 e. The van der Waals surface area contributed by atoms with E-state index in [2.05, 4.69) is 20.8 Å². The summed E-state index contributed by atoms with van der Waals surface area (Å²) in [5, 5.41) is 0. The van der Waals surface area contributed by atoms with Gasteiger partial charge >= 0.3 is 6.08 Å². The van der Waals surface area contributed by atoms with Gasteiger partial charge in [-0.1, -0.05) is 33.6 Å². The second-order valence-corrected chi connectivity index (χ2v) is 9.89. The Bertz CT molecular complexity index is 445. The van der Waals surface area contributed by atoms with E-state index in [1.807, 2.05) is 0 Å². The van der Waals surface area contributed by atoms with Gasteiger partial charge in [-0.3, -0.25) is 0 Å². The first-order valence-electron chi connectivity index (χ1n) is 11.1. The average Bonchev–Trinajstić information content (AvgIpc) is 2.61. The van der Waals surface area contributed by atoms with Crippen molar-refractivity contribution >= 4 is 0 Å². The highest BCUT2D eigenvalue weighted by Crippen LogP contribution is 2.47. The normalized spacial score (nSPS) is 44.3. The third-order valence-electron chi connectivity index (χ3n) is 8.00. The van der Waals surface area contributed by atoms with E-state index in [1.165, 1.54) is 51.4 Å². The quantitative estimate of drug-likeness (QED) is 0.469. The summed E-state index contributed by atoms with van der Waals surface area (Å²) in [4.78, 5) is 0. The summed E-state index contributed by atoms with van der Waals surface area (Å²) < 4.78 is 30.1. The molecule has 0 aromatic heterocycles. The Labute approximate surface area is 159 Å². The molecule has 0 bridgehead atoms. The van der Waals surface area contributed by atoms with Crippen molar-refractivity contribution < 1.29 is 13.5 Å². The molecule has 0 saturated heterocycles. The van der Waals surface area contributed by atoms with Crippen LogP contribution < -0.4 is 0 Å². The van der Waals surface area contributed by atoms with E-state index in [0.717, 1.165) is 42.4 Å². The van der Waals surface area contributed by atoms with Crippen LogP contribution >= 0.6 is 0 Å². The van der Waals surface area contributed by atoms with Crippen molar-refractivity contribution in [3.8, 4) is 0 Å². The fraction of sp³-hybridized carbons (Fsp3) is 0.913. The van der Waals surface area contributed by atoms with Crippen LogP contribution in [0.5, 0.6) is 0 Å². The summed E-state index contributed by atoms with van der Waals surface area (Å²) in [5.41, 5.74) is 0. The topological polar surface area (TPSA) is 9.23 Å². The molecule has 1 nitrogen and oxygen atoms in total. The van der Waals surface area contributed by atoms with E-state index in [0.29, 0.717) is 18.1 Å². The van der Waals surface area contributed by atoms with E-state index in [1.54, 1.807) is 0 Å². The Balaban J connectivity index is 1.47. The molecule has 3 fully saturated rings. The Hall–Kier alpha value is -0.600. The predicted molar refractivity (Wildman–Crippen MR) is 103 cm³/mol. The fourth-order valence-electron chi connectivity index (χ4n) is 6.51. The number of rotatable bonds is 4. The minimum Gasteiger partial charge on any atom is -0.492 e. The molecular weight excluding hydrogens is 330 g/mol. The third kappa shape index (κ3) is 5.01. The van der Waals surface area contributed by atoms with E-state index in [9.17, 15) is 8.78 Å². The molecule has 0 heterocycles. The van der Waals surface area contributed by atoms with Crippen LogP contribution in [-0.2, 0) is 4.74 Å². The molecular formula is C23H38F2O. The lowest BCUT2D eigenvalue weighted by molar-refractivity contribution is -0.0229. The second kappa shape index (κ2) is 9.06. The monoisotopic (exact) mass is 368 g/mol. The highest BCUT2D eigenvalue weighted by Gasteiger charge is 2.39. The van der Waals surface area contributed by atoms with E-state index >= 15 is 0 Å². The Morgan fingerprint density at radius 2 is 1.12 bits per heavy atom. The first kappa shape index (κ1) is 20.1. The molecule has 0 spiro atoms. The first-order valence-corrected chi connectivity index (χ1v) is 11.1. The van der Waals surface area contributed by atoms with Gasteiger partial charge in [0.2, 0.25) is 0 Å². The van der Waals surface area contributed by atoms with Gasteiger partial charge in [-0.05, 0) is 92.8 Å². The van der Waals surface area contributed by atoms with Gasteiger partial charge in [0, 0.05) is 0 Å². The van der Waals surface area contributed by atoms with E-state index in [4.69, 9.17) is 4.74 Å². The van der Waals surface area contributed by atoms with E-state index < -0.39 is 6.08 Å². The molecule has 3 rings (SSSR count). The molecule has 3 aliphatic carbocycles. The van der Waals surface area contributed by atoms with Gasteiger partial charge in [0.05, 0.1) is 0 Å². The molecule has 3 aliphatic rings. The molecule has 3 heteroatoms. The summed E-state index contributed by atoms with van der Waals surface area (Å²) >= 11 is 0. The molecule has 2 atom stereocenters. The molecule has 0 aromatic rings. The highest BCUT2D eigenvalue weighted by molar-refractivity contribution is 4.90. The minimum absolute atomic E-state index is 0.0479. The van der Waals surface area contributed by atoms with Crippen LogP contribution in [0.1, 0.15) is 85.0 Å². The molecule has 26 heavy (non-hydrogen) atoms. The second-order valence-electron chi connectivity index (χ2n) is 9.89. The van der Waals surface area contributed by atoms with Crippen LogP contribution in [0, 0.1) is 41.4 Å². The lowest BCUT2D eigenvalue weighted by atomic mass is 9.63. The van der Waals surface area contributed by atoms with Gasteiger partial charge in [0.15, 0.2) is 0 Å². The summed E-state index contributed by atoms with van der Waals surface area (Å²) in [7, 11) is 0. The Kier molecular flexibility index (Phi) is 7.02. The zero-order chi connectivity index (χ0) is 18.7. The average molecular weight is 369 g/mol. The summed E-state index contributed by atoms with van der Waals surface area (Å²) in [6.07, 6.45) is 12.6. The van der Waals surface area contributed by atoms with Crippen molar-refractivity contribution in [3.63, 3.8) is 0 Å². The molecule has 0 radical (unpaired) electrons. The maximum atomic E-state index is 12.4. The number of hydrogen-bond acceptors (Lipinski definition) is 1. The lowest BCUT2D eigenvalue weighted by Gasteiger charge is -2.44. The van der Waals surface area contributed by atoms with Gasteiger partial charge in [-0.15, -0.1) is 0 Å². The summed E-state index contributed by atoms with van der Waals surface area (Å²) in [6.45, 7) is 6.78. The van der Waals surface area contributed by atoms with Crippen LogP contribution in [0.4, 0.5) is 8.78 Å². The zero-order valence-corrected chi connectivity index (χ0v) is 16.9. The largest absolute Gasteiger partial charge is 0.492 e. The molecule has 3 saturated carbocycles. The van der Waals surface area contributed by atoms with Gasteiger partial charge in [-0.25, -0.2) is 0 Å². The van der Waals surface area contributed by atoms with Crippen molar-refractivity contribution in [1.29, 1.82) is 0 Å². The first-order chi connectivity index (χ1) is 12.4. The SMILES string of the molecule is CC1CCC(C2CCC(C3CC(C)C(OC=C(F)F)C(C)C3)CC2)CC1. The summed E-state index contributed by atoms with van der Waals surface area (Å²) in [6, 6.07) is 0. The highest BCUT2D eigenvalue weighted by atomic mass is 19.3. The fourth-order valence-corrected chi connectivity index (χ4v) is 6.51. The van der Waals surface area contributed by atoms with Crippen LogP contribution in [-0.4, -0.2) is 6.10 Å². The van der Waals surface area contributed by atoms with Crippen LogP contribution in [0.15, 0.2) is 12.3 Å². The van der Waals surface area contributed by atoms with Crippen molar-refractivity contribution in [1.82, 2.24) is 0 Å². The minimum atomic E-state index is -1.72.